The van der Waals surface area contributed by atoms with Crippen molar-refractivity contribution in [2.24, 2.45) is 17.8 Å². The molecule has 1 aliphatic heterocycles. The number of piperidine rings is 1. The number of unbranched alkanes of at least 4 members (excludes halogenated alkanes) is 2. The molecule has 1 aliphatic carbocycles. The van der Waals surface area contributed by atoms with Gasteiger partial charge in [-0.1, -0.05) is 40.0 Å². The molecule has 0 radical (unpaired) electrons. The van der Waals surface area contributed by atoms with Crippen LogP contribution in [0.15, 0.2) is 12.4 Å². The van der Waals surface area contributed by atoms with Crippen LogP contribution in [0.4, 0.5) is 0 Å². The molecule has 170 valence electrons. The number of carbonyl (C=O) groups excluding carboxylic acids is 1. The quantitative estimate of drug-likeness (QED) is 0.412. The van der Waals surface area contributed by atoms with Crippen molar-refractivity contribution in [1.29, 1.82) is 0 Å². The second kappa shape index (κ2) is 12.0. The summed E-state index contributed by atoms with van der Waals surface area (Å²) < 4.78 is 2.17. The van der Waals surface area contributed by atoms with Gasteiger partial charge in [-0.15, -0.1) is 0 Å². The van der Waals surface area contributed by atoms with Gasteiger partial charge in [-0.25, -0.2) is 0 Å². The third-order valence-corrected chi connectivity index (χ3v) is 7.71. The van der Waals surface area contributed by atoms with Crippen LogP contribution in [0.5, 0.6) is 0 Å². The normalized spacial score (nSPS) is 23.9. The van der Waals surface area contributed by atoms with Crippen molar-refractivity contribution in [2.75, 3.05) is 19.6 Å². The van der Waals surface area contributed by atoms with E-state index in [1.54, 1.807) is 0 Å². The Kier molecular flexibility index (Phi) is 9.42. The molecule has 30 heavy (non-hydrogen) atoms. The molecule has 4 nitrogen and oxygen atoms in total. The number of rotatable bonds is 11. The van der Waals surface area contributed by atoms with Crippen LogP contribution in [0.2, 0.25) is 0 Å². The highest BCUT2D eigenvalue weighted by Gasteiger charge is 2.25. The number of hydrogen-bond donors (Lipinski definition) is 0. The lowest BCUT2D eigenvalue weighted by molar-refractivity contribution is -0.123. The Morgan fingerprint density at radius 1 is 1.03 bits per heavy atom. The fraction of sp³-hybridized carbons (Fsp3) is 0.846. The van der Waals surface area contributed by atoms with Crippen LogP contribution in [0, 0.1) is 17.8 Å². The zero-order valence-electron chi connectivity index (χ0n) is 19.8. The molecule has 1 aromatic rings. The van der Waals surface area contributed by atoms with Crippen LogP contribution >= 0.6 is 0 Å². The summed E-state index contributed by atoms with van der Waals surface area (Å²) in [6.45, 7) is 11.4. The maximum absolute atomic E-state index is 11.9. The molecule has 0 N–H and O–H groups in total. The van der Waals surface area contributed by atoms with Gasteiger partial charge in [-0.2, -0.15) is 5.10 Å². The number of likely N-dealkylation sites (tertiary alicyclic amines) is 1. The monoisotopic (exact) mass is 415 g/mol. The number of aromatic nitrogens is 2. The van der Waals surface area contributed by atoms with Gasteiger partial charge in [0.2, 0.25) is 0 Å². The summed E-state index contributed by atoms with van der Waals surface area (Å²) in [6.07, 6.45) is 18.0. The lowest BCUT2D eigenvalue weighted by Gasteiger charge is -2.32. The summed E-state index contributed by atoms with van der Waals surface area (Å²) in [5.74, 6) is 3.14. The summed E-state index contributed by atoms with van der Waals surface area (Å²) in [5, 5.41) is 4.56. The van der Waals surface area contributed by atoms with E-state index in [9.17, 15) is 4.79 Å². The second-order valence-electron chi connectivity index (χ2n) is 10.3. The van der Waals surface area contributed by atoms with E-state index >= 15 is 0 Å². The van der Waals surface area contributed by atoms with Crippen LogP contribution in [-0.4, -0.2) is 40.1 Å². The number of Topliss-reactive ketones (excluding diaryl/α,β-unsaturated/α-hetero) is 1. The summed E-state index contributed by atoms with van der Waals surface area (Å²) in [7, 11) is 0. The zero-order chi connectivity index (χ0) is 21.3. The number of carbonyl (C=O) groups is 1. The highest BCUT2D eigenvalue weighted by atomic mass is 16.1. The summed E-state index contributed by atoms with van der Waals surface area (Å²) >= 11 is 0. The van der Waals surface area contributed by atoms with E-state index in [0.29, 0.717) is 17.6 Å². The molecular weight excluding hydrogens is 370 g/mol. The fourth-order valence-electron chi connectivity index (χ4n) is 5.44. The van der Waals surface area contributed by atoms with Gasteiger partial charge in [-0.05, 0) is 87.9 Å². The van der Waals surface area contributed by atoms with Gasteiger partial charge < -0.3 is 4.90 Å². The smallest absolute Gasteiger partial charge is 0.135 e. The third-order valence-electron chi connectivity index (χ3n) is 7.71. The highest BCUT2D eigenvalue weighted by molar-refractivity contribution is 5.80. The van der Waals surface area contributed by atoms with Crippen LogP contribution in [0.1, 0.15) is 103 Å². The van der Waals surface area contributed by atoms with E-state index in [4.69, 9.17) is 0 Å². The highest BCUT2D eigenvalue weighted by Crippen LogP contribution is 2.33. The first kappa shape index (κ1) is 23.5. The standard InChI is InChI=1S/C26H45N3O/c1-4-26(30)24-11-9-22(10-12-24)8-6-5-7-15-28-16-13-23(14-17-28)19-29-20-25(18-27-29)21(2)3/h18,20-24H,4-17,19H2,1-3H3. The van der Waals surface area contributed by atoms with E-state index in [-0.39, 0.29) is 0 Å². The molecule has 1 saturated carbocycles. The lowest BCUT2D eigenvalue weighted by atomic mass is 9.78. The molecule has 0 aromatic carbocycles. The predicted octanol–water partition coefficient (Wildman–Crippen LogP) is 6.06. The van der Waals surface area contributed by atoms with Gasteiger partial charge in [0.25, 0.3) is 0 Å². The molecule has 0 spiro atoms. The summed E-state index contributed by atoms with van der Waals surface area (Å²) in [4.78, 5) is 14.5. The van der Waals surface area contributed by atoms with E-state index < -0.39 is 0 Å². The van der Waals surface area contributed by atoms with Crippen LogP contribution < -0.4 is 0 Å². The van der Waals surface area contributed by atoms with Crippen LogP contribution in [0.25, 0.3) is 0 Å². The van der Waals surface area contributed by atoms with Crippen molar-refractivity contribution in [3.8, 4) is 0 Å². The van der Waals surface area contributed by atoms with Gasteiger partial charge in [0.1, 0.15) is 5.78 Å². The molecule has 1 aromatic heterocycles. The molecule has 0 atom stereocenters. The molecule has 0 unspecified atom stereocenters. The van der Waals surface area contributed by atoms with Gasteiger partial charge in [0, 0.05) is 25.1 Å². The minimum atomic E-state index is 0.389. The number of ketones is 1. The number of nitrogens with zero attached hydrogens (tertiary/aromatic N) is 3. The SMILES string of the molecule is CCC(=O)C1CCC(CCCCCN2CCC(Cn3cc(C(C)C)cn3)CC2)CC1. The minimum Gasteiger partial charge on any atom is -0.303 e. The first-order chi connectivity index (χ1) is 14.5. The maximum atomic E-state index is 11.9. The molecule has 2 heterocycles. The molecule has 0 amide bonds. The largest absolute Gasteiger partial charge is 0.303 e. The summed E-state index contributed by atoms with van der Waals surface area (Å²) in [5.41, 5.74) is 1.36. The Labute approximate surface area is 184 Å². The average molecular weight is 416 g/mol. The zero-order valence-corrected chi connectivity index (χ0v) is 19.8. The minimum absolute atomic E-state index is 0.389. The van der Waals surface area contributed by atoms with Gasteiger partial charge in [0.05, 0.1) is 6.20 Å². The Morgan fingerprint density at radius 3 is 2.40 bits per heavy atom. The van der Waals surface area contributed by atoms with Crippen molar-refractivity contribution in [1.82, 2.24) is 14.7 Å². The lowest BCUT2D eigenvalue weighted by Crippen LogP contribution is -2.35. The van der Waals surface area contributed by atoms with E-state index in [1.165, 1.54) is 76.6 Å². The van der Waals surface area contributed by atoms with Gasteiger partial charge in [-0.3, -0.25) is 9.48 Å². The average Bonchev–Trinajstić information content (AvgIpc) is 3.23. The second-order valence-corrected chi connectivity index (χ2v) is 10.3. The maximum Gasteiger partial charge on any atom is 0.135 e. The summed E-state index contributed by atoms with van der Waals surface area (Å²) in [6, 6.07) is 0. The van der Waals surface area contributed by atoms with Crippen molar-refractivity contribution < 1.29 is 4.79 Å². The van der Waals surface area contributed by atoms with Crippen molar-refractivity contribution in [3.63, 3.8) is 0 Å². The Morgan fingerprint density at radius 2 is 1.77 bits per heavy atom. The van der Waals surface area contributed by atoms with E-state index in [1.807, 2.05) is 13.1 Å². The van der Waals surface area contributed by atoms with Crippen molar-refractivity contribution in [3.05, 3.63) is 18.0 Å². The first-order valence-electron chi connectivity index (χ1n) is 12.8. The molecule has 4 heteroatoms. The van der Waals surface area contributed by atoms with Crippen LogP contribution in [-0.2, 0) is 11.3 Å². The van der Waals surface area contributed by atoms with Crippen molar-refractivity contribution in [2.45, 2.75) is 104 Å². The Balaban J connectivity index is 1.21. The first-order valence-corrected chi connectivity index (χ1v) is 12.8. The Hall–Kier alpha value is -1.16. The topological polar surface area (TPSA) is 38.1 Å². The molecular formula is C26H45N3O. The van der Waals surface area contributed by atoms with E-state index in [2.05, 4.69) is 34.7 Å². The number of hydrogen-bond acceptors (Lipinski definition) is 3. The third kappa shape index (κ3) is 7.21. The Bertz CT molecular complexity index is 622. The van der Waals surface area contributed by atoms with Gasteiger partial charge >= 0.3 is 0 Å². The fourth-order valence-corrected chi connectivity index (χ4v) is 5.44. The van der Waals surface area contributed by atoms with E-state index in [0.717, 1.165) is 37.6 Å². The van der Waals surface area contributed by atoms with Crippen molar-refractivity contribution >= 4 is 5.78 Å². The molecule has 3 rings (SSSR count). The molecule has 1 saturated heterocycles. The molecule has 0 bridgehead atoms. The molecule has 2 fully saturated rings. The predicted molar refractivity (Wildman–Crippen MR) is 125 cm³/mol. The van der Waals surface area contributed by atoms with Crippen LogP contribution in [0.3, 0.4) is 0 Å². The van der Waals surface area contributed by atoms with Gasteiger partial charge in [0.15, 0.2) is 0 Å². The molecule has 2 aliphatic rings.